The van der Waals surface area contributed by atoms with E-state index in [9.17, 15) is 4.79 Å². The van der Waals surface area contributed by atoms with Crippen LogP contribution in [-0.4, -0.2) is 24.2 Å². The van der Waals surface area contributed by atoms with Gasteiger partial charge in [-0.3, -0.25) is 5.32 Å². The molecule has 0 bridgehead atoms. The van der Waals surface area contributed by atoms with Crippen LogP contribution in [-0.2, 0) is 16.0 Å². The Kier molecular flexibility index (Phi) is 4.57. The third kappa shape index (κ3) is 3.56. The van der Waals surface area contributed by atoms with Crippen molar-refractivity contribution in [3.8, 4) is 5.75 Å². The van der Waals surface area contributed by atoms with Gasteiger partial charge in [0.15, 0.2) is 0 Å². The summed E-state index contributed by atoms with van der Waals surface area (Å²) in [6, 6.07) is 5.66. The van der Waals surface area contributed by atoms with E-state index in [4.69, 9.17) is 9.47 Å². The average Bonchev–Trinajstić information content (AvgIpc) is 2.69. The Hall–Kier alpha value is -1.55. The number of benzene rings is 1. The minimum Gasteiger partial charge on any atom is -0.487 e. The maximum absolute atomic E-state index is 12.3. The van der Waals surface area contributed by atoms with Crippen molar-refractivity contribution in [2.24, 2.45) is 0 Å². The summed E-state index contributed by atoms with van der Waals surface area (Å²) in [7, 11) is 0. The second-order valence-electron chi connectivity index (χ2n) is 6.38. The number of rotatable bonds is 5. The predicted molar refractivity (Wildman–Crippen MR) is 82.5 cm³/mol. The monoisotopic (exact) mass is 291 g/mol. The van der Waals surface area contributed by atoms with Crippen molar-refractivity contribution in [3.05, 3.63) is 29.3 Å². The van der Waals surface area contributed by atoms with Crippen molar-refractivity contribution in [1.29, 1.82) is 0 Å². The van der Waals surface area contributed by atoms with Crippen LogP contribution >= 0.6 is 0 Å². The van der Waals surface area contributed by atoms with Crippen molar-refractivity contribution < 1.29 is 14.3 Å². The van der Waals surface area contributed by atoms with Gasteiger partial charge in [-0.25, -0.2) is 4.79 Å². The highest BCUT2D eigenvalue weighted by molar-refractivity contribution is 5.79. The Morgan fingerprint density at radius 3 is 2.76 bits per heavy atom. The van der Waals surface area contributed by atoms with E-state index in [0.29, 0.717) is 6.61 Å². The zero-order valence-corrected chi connectivity index (χ0v) is 13.5. The maximum Gasteiger partial charge on any atom is 0.327 e. The smallest absolute Gasteiger partial charge is 0.327 e. The summed E-state index contributed by atoms with van der Waals surface area (Å²) in [5, 5.41) is 3.28. The standard InChI is InChI=1S/C17H25NO3/c1-6-20-16(19)14(18-11(2)3)13-9-7-8-12-10-17(4,5)21-15(12)13/h7-9,11,14,18H,6,10H2,1-5H3. The van der Waals surface area contributed by atoms with E-state index in [0.717, 1.165) is 23.3 Å². The first kappa shape index (κ1) is 15.8. The van der Waals surface area contributed by atoms with Gasteiger partial charge in [0.1, 0.15) is 17.4 Å². The van der Waals surface area contributed by atoms with E-state index in [1.54, 1.807) is 0 Å². The molecule has 116 valence electrons. The zero-order chi connectivity index (χ0) is 15.6. The summed E-state index contributed by atoms with van der Waals surface area (Å²) in [6.07, 6.45) is 0.855. The van der Waals surface area contributed by atoms with Gasteiger partial charge in [0.05, 0.1) is 6.61 Å². The number of fused-ring (bicyclic) bond motifs is 1. The summed E-state index contributed by atoms with van der Waals surface area (Å²) in [5.41, 5.74) is 1.79. The van der Waals surface area contributed by atoms with Gasteiger partial charge in [0, 0.05) is 18.0 Å². The van der Waals surface area contributed by atoms with Gasteiger partial charge in [-0.15, -0.1) is 0 Å². The third-order valence-corrected chi connectivity index (χ3v) is 3.45. The Bertz CT molecular complexity index is 523. The molecule has 4 heteroatoms. The third-order valence-electron chi connectivity index (χ3n) is 3.45. The van der Waals surface area contributed by atoms with Crippen LogP contribution in [0.3, 0.4) is 0 Å². The molecular weight excluding hydrogens is 266 g/mol. The second-order valence-corrected chi connectivity index (χ2v) is 6.38. The zero-order valence-electron chi connectivity index (χ0n) is 13.5. The molecule has 0 aliphatic carbocycles. The minimum absolute atomic E-state index is 0.171. The first-order chi connectivity index (χ1) is 9.84. The highest BCUT2D eigenvalue weighted by atomic mass is 16.5. The van der Waals surface area contributed by atoms with Crippen LogP contribution in [0, 0.1) is 0 Å². The number of hydrogen-bond donors (Lipinski definition) is 1. The van der Waals surface area contributed by atoms with Gasteiger partial charge in [-0.2, -0.15) is 0 Å². The van der Waals surface area contributed by atoms with Crippen LogP contribution in [0.15, 0.2) is 18.2 Å². The first-order valence-electron chi connectivity index (χ1n) is 7.57. The molecular formula is C17H25NO3. The molecule has 4 nitrogen and oxygen atoms in total. The van der Waals surface area contributed by atoms with Crippen LogP contribution in [0.5, 0.6) is 5.75 Å². The summed E-state index contributed by atoms with van der Waals surface area (Å²) < 4.78 is 11.3. The first-order valence-corrected chi connectivity index (χ1v) is 7.57. The number of carbonyl (C=O) groups is 1. The largest absolute Gasteiger partial charge is 0.487 e. The van der Waals surface area contributed by atoms with Crippen molar-refractivity contribution in [2.75, 3.05) is 6.61 Å². The highest BCUT2D eigenvalue weighted by Crippen LogP contribution is 2.40. The Balaban J connectivity index is 2.38. The number of esters is 1. The molecule has 0 saturated heterocycles. The molecule has 1 atom stereocenters. The number of para-hydroxylation sites is 1. The average molecular weight is 291 g/mol. The van der Waals surface area contributed by atoms with Gasteiger partial charge in [-0.1, -0.05) is 18.2 Å². The fourth-order valence-electron chi connectivity index (χ4n) is 2.71. The number of carbonyl (C=O) groups excluding carboxylic acids is 1. The molecule has 1 heterocycles. The van der Waals surface area contributed by atoms with E-state index < -0.39 is 6.04 Å². The van der Waals surface area contributed by atoms with Crippen LogP contribution in [0.4, 0.5) is 0 Å². The molecule has 2 rings (SSSR count). The molecule has 0 radical (unpaired) electrons. The van der Waals surface area contributed by atoms with Gasteiger partial charge in [0.25, 0.3) is 0 Å². The fraction of sp³-hybridized carbons (Fsp3) is 0.588. The number of nitrogens with one attached hydrogen (secondary N) is 1. The molecule has 1 aliphatic heterocycles. The van der Waals surface area contributed by atoms with Crippen LogP contribution in [0.1, 0.15) is 51.8 Å². The van der Waals surface area contributed by atoms with E-state index in [1.807, 2.05) is 32.9 Å². The summed E-state index contributed by atoms with van der Waals surface area (Å²) in [5.74, 6) is 0.571. The Morgan fingerprint density at radius 2 is 2.14 bits per heavy atom. The summed E-state index contributed by atoms with van der Waals surface area (Å²) in [6.45, 7) is 10.3. The highest BCUT2D eigenvalue weighted by Gasteiger charge is 2.35. The molecule has 1 aromatic carbocycles. The van der Waals surface area contributed by atoms with Crippen LogP contribution < -0.4 is 10.1 Å². The molecule has 1 aromatic rings. The van der Waals surface area contributed by atoms with Gasteiger partial charge < -0.3 is 9.47 Å². The summed E-state index contributed by atoms with van der Waals surface area (Å²) in [4.78, 5) is 12.3. The second kappa shape index (κ2) is 6.06. The van der Waals surface area contributed by atoms with Crippen molar-refractivity contribution in [1.82, 2.24) is 5.32 Å². The van der Waals surface area contributed by atoms with Gasteiger partial charge in [-0.05, 0) is 40.2 Å². The summed E-state index contributed by atoms with van der Waals surface area (Å²) >= 11 is 0. The lowest BCUT2D eigenvalue weighted by Gasteiger charge is -2.23. The number of hydrogen-bond acceptors (Lipinski definition) is 4. The van der Waals surface area contributed by atoms with Crippen molar-refractivity contribution in [2.45, 2.75) is 58.7 Å². The van der Waals surface area contributed by atoms with Crippen LogP contribution in [0.2, 0.25) is 0 Å². The normalized spacial score (nSPS) is 17.2. The quantitative estimate of drug-likeness (QED) is 0.847. The lowest BCUT2D eigenvalue weighted by Crippen LogP contribution is -2.35. The Morgan fingerprint density at radius 1 is 1.43 bits per heavy atom. The molecule has 0 fully saturated rings. The lowest BCUT2D eigenvalue weighted by molar-refractivity contribution is -0.146. The molecule has 21 heavy (non-hydrogen) atoms. The topological polar surface area (TPSA) is 47.6 Å². The van der Waals surface area contributed by atoms with E-state index in [-0.39, 0.29) is 17.6 Å². The van der Waals surface area contributed by atoms with Crippen molar-refractivity contribution >= 4 is 5.97 Å². The van der Waals surface area contributed by atoms with Crippen molar-refractivity contribution in [3.63, 3.8) is 0 Å². The molecule has 1 unspecified atom stereocenters. The molecule has 0 amide bonds. The fourth-order valence-corrected chi connectivity index (χ4v) is 2.71. The maximum atomic E-state index is 12.3. The number of ether oxygens (including phenoxy) is 2. The van der Waals surface area contributed by atoms with E-state index in [2.05, 4.69) is 25.2 Å². The van der Waals surface area contributed by atoms with E-state index >= 15 is 0 Å². The van der Waals surface area contributed by atoms with Gasteiger partial charge in [0.2, 0.25) is 0 Å². The van der Waals surface area contributed by atoms with Crippen LogP contribution in [0.25, 0.3) is 0 Å². The molecule has 0 aromatic heterocycles. The molecule has 0 spiro atoms. The molecule has 1 aliphatic rings. The predicted octanol–water partition coefficient (Wildman–Crippen LogP) is 3.00. The SMILES string of the molecule is CCOC(=O)C(NC(C)C)c1cccc2c1OC(C)(C)C2. The molecule has 0 saturated carbocycles. The minimum atomic E-state index is -0.492. The lowest BCUT2D eigenvalue weighted by atomic mass is 9.98. The molecule has 1 N–H and O–H groups in total. The van der Waals surface area contributed by atoms with Gasteiger partial charge >= 0.3 is 5.97 Å². The Labute approximate surface area is 126 Å². The van der Waals surface area contributed by atoms with E-state index in [1.165, 1.54) is 0 Å².